The molecule has 0 unspecified atom stereocenters. The molecule has 2 rings (SSSR count). The van der Waals surface area contributed by atoms with Gasteiger partial charge in [-0.2, -0.15) is 0 Å². The number of hydrogen-bond acceptors (Lipinski definition) is 2. The average Bonchev–Trinajstić information content (AvgIpc) is 2.50. The van der Waals surface area contributed by atoms with Gasteiger partial charge in [-0.3, -0.25) is 4.79 Å². The molecule has 1 aliphatic rings. The van der Waals surface area contributed by atoms with E-state index in [0.717, 1.165) is 13.0 Å². The lowest BCUT2D eigenvalue weighted by Gasteiger charge is -2.04. The lowest BCUT2D eigenvalue weighted by molar-refractivity contribution is 0.0693. The van der Waals surface area contributed by atoms with E-state index >= 15 is 0 Å². The molecule has 4 heteroatoms. The Bertz CT molecular complexity index is 419. The average molecular weight is 179 g/mol. The van der Waals surface area contributed by atoms with Gasteiger partial charge in [0, 0.05) is 24.5 Å². The molecule has 1 aromatic rings. The Morgan fingerprint density at radius 1 is 1.54 bits per heavy atom. The molecule has 0 spiro atoms. The molecule has 1 aliphatic heterocycles. The van der Waals surface area contributed by atoms with Crippen molar-refractivity contribution in [1.82, 2.24) is 4.57 Å². The van der Waals surface area contributed by atoms with E-state index < -0.39 is 5.97 Å². The van der Waals surface area contributed by atoms with Crippen molar-refractivity contribution in [3.8, 4) is 0 Å². The van der Waals surface area contributed by atoms with Crippen LogP contribution >= 0.6 is 0 Å². The molecule has 0 aromatic carbocycles. The van der Waals surface area contributed by atoms with Crippen LogP contribution in [0.3, 0.4) is 0 Å². The Hall–Kier alpha value is -1.58. The molecular weight excluding hydrogens is 170 g/mol. The second-order valence-corrected chi connectivity index (χ2v) is 3.10. The van der Waals surface area contributed by atoms with E-state index in [1.54, 1.807) is 6.20 Å². The zero-order chi connectivity index (χ0) is 9.42. The Morgan fingerprint density at radius 2 is 2.31 bits per heavy atom. The van der Waals surface area contributed by atoms with Crippen LogP contribution in [0.5, 0.6) is 0 Å². The maximum Gasteiger partial charge on any atom is 0.341 e. The zero-order valence-electron chi connectivity index (χ0n) is 6.99. The standard InChI is InChI=1S/C9H9NO3/c11-7-3-5-10-4-1-2-6(10)8(7)9(12)13/h3,5H,1-2,4H2,(H,12,13). The molecular formula is C9H9NO3. The summed E-state index contributed by atoms with van der Waals surface area (Å²) in [6.45, 7) is 0.815. The predicted molar refractivity (Wildman–Crippen MR) is 46.0 cm³/mol. The van der Waals surface area contributed by atoms with Crippen molar-refractivity contribution in [3.63, 3.8) is 0 Å². The molecule has 1 aromatic heterocycles. The topological polar surface area (TPSA) is 59.3 Å². The number of pyridine rings is 1. The summed E-state index contributed by atoms with van der Waals surface area (Å²) < 4.78 is 1.84. The van der Waals surface area contributed by atoms with Gasteiger partial charge in [-0.1, -0.05) is 0 Å². The highest BCUT2D eigenvalue weighted by Crippen LogP contribution is 2.15. The minimum atomic E-state index is -1.11. The number of carboxylic acids is 1. The van der Waals surface area contributed by atoms with E-state index in [1.165, 1.54) is 6.07 Å². The highest BCUT2D eigenvalue weighted by atomic mass is 16.4. The summed E-state index contributed by atoms with van der Waals surface area (Å²) in [5, 5.41) is 8.82. The monoisotopic (exact) mass is 179 g/mol. The van der Waals surface area contributed by atoms with Crippen molar-refractivity contribution >= 4 is 5.97 Å². The van der Waals surface area contributed by atoms with Gasteiger partial charge in [0.15, 0.2) is 5.43 Å². The summed E-state index contributed by atoms with van der Waals surface area (Å²) in [5.74, 6) is -1.11. The third kappa shape index (κ3) is 1.14. The summed E-state index contributed by atoms with van der Waals surface area (Å²) in [4.78, 5) is 22.0. The first-order chi connectivity index (χ1) is 6.20. The normalized spacial score (nSPS) is 14.2. The quantitative estimate of drug-likeness (QED) is 0.682. The second kappa shape index (κ2) is 2.73. The van der Waals surface area contributed by atoms with Crippen LogP contribution < -0.4 is 5.43 Å². The number of hydrogen-bond donors (Lipinski definition) is 1. The number of carboxylic acid groups (broad SMARTS) is 1. The van der Waals surface area contributed by atoms with Crippen molar-refractivity contribution in [2.24, 2.45) is 0 Å². The van der Waals surface area contributed by atoms with Gasteiger partial charge in [-0.25, -0.2) is 4.79 Å². The fourth-order valence-electron chi connectivity index (χ4n) is 1.74. The molecule has 0 atom stereocenters. The number of fused-ring (bicyclic) bond motifs is 1. The maximum atomic E-state index is 11.2. The van der Waals surface area contributed by atoms with Crippen LogP contribution in [0.2, 0.25) is 0 Å². The third-order valence-electron chi connectivity index (χ3n) is 2.31. The van der Waals surface area contributed by atoms with E-state index in [-0.39, 0.29) is 11.0 Å². The van der Waals surface area contributed by atoms with E-state index in [1.807, 2.05) is 4.57 Å². The maximum absolute atomic E-state index is 11.2. The van der Waals surface area contributed by atoms with Crippen molar-refractivity contribution in [3.05, 3.63) is 33.7 Å². The van der Waals surface area contributed by atoms with Crippen LogP contribution in [0.1, 0.15) is 22.5 Å². The van der Waals surface area contributed by atoms with Gasteiger partial charge in [0.25, 0.3) is 0 Å². The summed E-state index contributed by atoms with van der Waals surface area (Å²) in [6, 6.07) is 1.32. The molecule has 0 fully saturated rings. The highest BCUT2D eigenvalue weighted by Gasteiger charge is 2.20. The van der Waals surface area contributed by atoms with Crippen LogP contribution in [-0.4, -0.2) is 15.6 Å². The van der Waals surface area contributed by atoms with Crippen LogP contribution in [-0.2, 0) is 13.0 Å². The van der Waals surface area contributed by atoms with E-state index in [9.17, 15) is 9.59 Å². The summed E-state index contributed by atoms with van der Waals surface area (Å²) >= 11 is 0. The molecule has 0 saturated carbocycles. The third-order valence-corrected chi connectivity index (χ3v) is 2.31. The van der Waals surface area contributed by atoms with Crippen LogP contribution in [0.15, 0.2) is 17.1 Å². The Kier molecular flexibility index (Phi) is 1.69. The Morgan fingerprint density at radius 3 is 3.00 bits per heavy atom. The number of carbonyl (C=O) groups is 1. The van der Waals surface area contributed by atoms with Crippen LogP contribution in [0, 0.1) is 0 Å². The van der Waals surface area contributed by atoms with E-state index in [2.05, 4.69) is 0 Å². The van der Waals surface area contributed by atoms with Gasteiger partial charge in [0.05, 0.1) is 0 Å². The molecule has 2 heterocycles. The van der Waals surface area contributed by atoms with Gasteiger partial charge < -0.3 is 9.67 Å². The first kappa shape index (κ1) is 8.04. The molecule has 0 radical (unpaired) electrons. The first-order valence-corrected chi connectivity index (χ1v) is 4.16. The summed E-state index contributed by atoms with van der Waals surface area (Å²) in [5.41, 5.74) is 0.223. The smallest absolute Gasteiger partial charge is 0.341 e. The molecule has 1 N–H and O–H groups in total. The largest absolute Gasteiger partial charge is 0.477 e. The number of nitrogens with zero attached hydrogens (tertiary/aromatic N) is 1. The Balaban J connectivity index is 2.72. The van der Waals surface area contributed by atoms with Gasteiger partial charge in [0.2, 0.25) is 0 Å². The molecule has 4 nitrogen and oxygen atoms in total. The number of rotatable bonds is 1. The molecule has 0 aliphatic carbocycles. The SMILES string of the molecule is O=C(O)c1c2n(ccc1=O)CCC2. The van der Waals surface area contributed by atoms with Gasteiger partial charge >= 0.3 is 5.97 Å². The van der Waals surface area contributed by atoms with E-state index in [0.29, 0.717) is 12.1 Å². The number of aromatic nitrogens is 1. The fourth-order valence-corrected chi connectivity index (χ4v) is 1.74. The van der Waals surface area contributed by atoms with Crippen molar-refractivity contribution in [2.45, 2.75) is 19.4 Å². The van der Waals surface area contributed by atoms with Crippen LogP contribution in [0.25, 0.3) is 0 Å². The summed E-state index contributed by atoms with van der Waals surface area (Å²) in [6.07, 6.45) is 3.28. The zero-order valence-corrected chi connectivity index (χ0v) is 6.99. The highest BCUT2D eigenvalue weighted by molar-refractivity contribution is 5.88. The fraction of sp³-hybridized carbons (Fsp3) is 0.333. The first-order valence-electron chi connectivity index (χ1n) is 4.16. The van der Waals surface area contributed by atoms with Gasteiger partial charge in [-0.15, -0.1) is 0 Å². The van der Waals surface area contributed by atoms with Gasteiger partial charge in [0.1, 0.15) is 5.56 Å². The van der Waals surface area contributed by atoms with Crippen molar-refractivity contribution in [1.29, 1.82) is 0 Å². The second-order valence-electron chi connectivity index (χ2n) is 3.10. The number of aromatic carboxylic acids is 1. The molecule has 0 saturated heterocycles. The lowest BCUT2D eigenvalue weighted by Crippen LogP contribution is -2.19. The summed E-state index contributed by atoms with van der Waals surface area (Å²) in [7, 11) is 0. The van der Waals surface area contributed by atoms with Crippen molar-refractivity contribution in [2.75, 3.05) is 0 Å². The van der Waals surface area contributed by atoms with E-state index in [4.69, 9.17) is 5.11 Å². The molecule has 0 bridgehead atoms. The van der Waals surface area contributed by atoms with Gasteiger partial charge in [-0.05, 0) is 12.8 Å². The Labute approximate surface area is 74.4 Å². The molecule has 13 heavy (non-hydrogen) atoms. The molecule has 68 valence electrons. The molecule has 0 amide bonds. The predicted octanol–water partition coefficient (Wildman–Crippen LogP) is 0.493. The van der Waals surface area contributed by atoms with Crippen LogP contribution in [0.4, 0.5) is 0 Å². The minimum absolute atomic E-state index is 0.0556. The van der Waals surface area contributed by atoms with Crippen molar-refractivity contribution < 1.29 is 9.90 Å². The minimum Gasteiger partial charge on any atom is -0.477 e. The number of aryl methyl sites for hydroxylation is 1. The lowest BCUT2D eigenvalue weighted by atomic mass is 10.1.